The fourth-order valence-electron chi connectivity index (χ4n) is 1.89. The first-order valence-corrected chi connectivity index (χ1v) is 5.73. The van der Waals surface area contributed by atoms with Gasteiger partial charge in [-0.25, -0.2) is 4.98 Å². The number of aryl methyl sites for hydroxylation is 3. The molecule has 0 aromatic carbocycles. The topological polar surface area (TPSA) is 59.8 Å². The Bertz CT molecular complexity index is 601. The Morgan fingerprint density at radius 1 is 1.33 bits per heavy atom. The number of amides is 1. The van der Waals surface area contributed by atoms with Crippen LogP contribution in [0.4, 0.5) is 5.82 Å². The zero-order valence-corrected chi connectivity index (χ0v) is 11.0. The van der Waals surface area contributed by atoms with Crippen molar-refractivity contribution in [2.75, 3.05) is 5.32 Å². The molecule has 0 atom stereocenters. The average Bonchev–Trinajstić information content (AvgIpc) is 2.53. The van der Waals surface area contributed by atoms with E-state index in [0.29, 0.717) is 11.4 Å². The van der Waals surface area contributed by atoms with Crippen LogP contribution in [0.3, 0.4) is 0 Å². The van der Waals surface area contributed by atoms with Gasteiger partial charge in [-0.15, -0.1) is 0 Å². The molecule has 5 nitrogen and oxygen atoms in total. The molecule has 0 aliphatic carbocycles. The van der Waals surface area contributed by atoms with Crippen molar-refractivity contribution in [2.45, 2.75) is 20.8 Å². The number of pyridine rings is 1. The second-order valence-electron chi connectivity index (χ2n) is 4.34. The maximum absolute atomic E-state index is 12.2. The van der Waals surface area contributed by atoms with Crippen LogP contribution in [-0.2, 0) is 7.05 Å². The van der Waals surface area contributed by atoms with Gasteiger partial charge in [0.25, 0.3) is 5.91 Å². The van der Waals surface area contributed by atoms with Gasteiger partial charge in [-0.05, 0) is 38.5 Å². The molecule has 0 aliphatic rings. The van der Waals surface area contributed by atoms with Crippen LogP contribution in [-0.4, -0.2) is 20.7 Å². The van der Waals surface area contributed by atoms with Crippen molar-refractivity contribution in [3.8, 4) is 0 Å². The molecular weight excluding hydrogens is 228 g/mol. The molecule has 0 saturated carbocycles. The number of carbonyl (C=O) groups excluding carboxylic acids is 1. The van der Waals surface area contributed by atoms with Gasteiger partial charge in [0.05, 0.1) is 11.3 Å². The van der Waals surface area contributed by atoms with Crippen molar-refractivity contribution >= 4 is 11.7 Å². The largest absolute Gasteiger partial charge is 0.306 e. The Morgan fingerprint density at radius 2 is 2.06 bits per heavy atom. The number of aromatic nitrogens is 3. The van der Waals surface area contributed by atoms with Gasteiger partial charge in [0.1, 0.15) is 5.82 Å². The summed E-state index contributed by atoms with van der Waals surface area (Å²) in [5.41, 5.74) is 3.23. The van der Waals surface area contributed by atoms with Crippen molar-refractivity contribution < 1.29 is 4.79 Å². The second-order valence-corrected chi connectivity index (χ2v) is 4.34. The summed E-state index contributed by atoms with van der Waals surface area (Å²) in [6.07, 6.45) is 1.67. The van der Waals surface area contributed by atoms with E-state index in [9.17, 15) is 4.79 Å². The van der Waals surface area contributed by atoms with Crippen LogP contribution < -0.4 is 5.32 Å². The first kappa shape index (κ1) is 12.3. The average molecular weight is 244 g/mol. The van der Waals surface area contributed by atoms with Crippen molar-refractivity contribution in [3.63, 3.8) is 0 Å². The molecule has 0 aliphatic heterocycles. The van der Waals surface area contributed by atoms with Gasteiger partial charge in [-0.1, -0.05) is 0 Å². The molecule has 2 aromatic rings. The molecule has 2 rings (SSSR count). The molecule has 0 saturated heterocycles. The van der Waals surface area contributed by atoms with Gasteiger partial charge in [0.2, 0.25) is 0 Å². The zero-order chi connectivity index (χ0) is 13.3. The van der Waals surface area contributed by atoms with Gasteiger partial charge in [-0.3, -0.25) is 9.48 Å². The fraction of sp³-hybridized carbons (Fsp3) is 0.308. The number of hydrogen-bond donors (Lipinski definition) is 1. The number of hydrogen-bond acceptors (Lipinski definition) is 3. The van der Waals surface area contributed by atoms with E-state index in [1.807, 2.05) is 40.0 Å². The Balaban J connectivity index is 2.27. The normalized spacial score (nSPS) is 10.4. The quantitative estimate of drug-likeness (QED) is 0.878. The number of rotatable bonds is 2. The van der Waals surface area contributed by atoms with Gasteiger partial charge in [0, 0.05) is 18.9 Å². The van der Waals surface area contributed by atoms with Gasteiger partial charge in [-0.2, -0.15) is 5.10 Å². The summed E-state index contributed by atoms with van der Waals surface area (Å²) in [7, 11) is 1.82. The second kappa shape index (κ2) is 4.60. The zero-order valence-electron chi connectivity index (χ0n) is 11.0. The van der Waals surface area contributed by atoms with E-state index in [1.165, 1.54) is 0 Å². The molecular formula is C13H16N4O. The van der Waals surface area contributed by atoms with Crippen LogP contribution in [0.25, 0.3) is 0 Å². The first-order chi connectivity index (χ1) is 8.49. The van der Waals surface area contributed by atoms with E-state index >= 15 is 0 Å². The van der Waals surface area contributed by atoms with Gasteiger partial charge >= 0.3 is 0 Å². The molecule has 0 radical (unpaired) electrons. The third kappa shape index (κ3) is 2.25. The third-order valence-electron chi connectivity index (χ3n) is 2.89. The minimum absolute atomic E-state index is 0.170. The van der Waals surface area contributed by atoms with E-state index in [2.05, 4.69) is 15.4 Å². The lowest BCUT2D eigenvalue weighted by Gasteiger charge is -2.05. The summed E-state index contributed by atoms with van der Waals surface area (Å²) in [4.78, 5) is 16.3. The van der Waals surface area contributed by atoms with Crippen molar-refractivity contribution in [3.05, 3.63) is 40.8 Å². The smallest absolute Gasteiger partial charge is 0.260 e. The molecule has 1 amide bonds. The van der Waals surface area contributed by atoms with E-state index in [4.69, 9.17) is 0 Å². The minimum atomic E-state index is -0.170. The molecule has 18 heavy (non-hydrogen) atoms. The maximum Gasteiger partial charge on any atom is 0.260 e. The summed E-state index contributed by atoms with van der Waals surface area (Å²) in [6, 6.07) is 3.72. The summed E-state index contributed by atoms with van der Waals surface area (Å²) in [5.74, 6) is 0.388. The van der Waals surface area contributed by atoms with Crippen LogP contribution in [0.2, 0.25) is 0 Å². The Kier molecular flexibility index (Phi) is 3.14. The first-order valence-electron chi connectivity index (χ1n) is 5.73. The molecule has 0 fully saturated rings. The van der Waals surface area contributed by atoms with Crippen LogP contribution in [0.15, 0.2) is 18.3 Å². The van der Waals surface area contributed by atoms with E-state index < -0.39 is 0 Å². The minimum Gasteiger partial charge on any atom is -0.306 e. The fourth-order valence-corrected chi connectivity index (χ4v) is 1.89. The maximum atomic E-state index is 12.2. The van der Waals surface area contributed by atoms with Crippen LogP contribution >= 0.6 is 0 Å². The van der Waals surface area contributed by atoms with E-state index in [1.54, 1.807) is 10.9 Å². The number of nitrogens with one attached hydrogen (secondary N) is 1. The molecule has 0 spiro atoms. The Hall–Kier alpha value is -2.17. The van der Waals surface area contributed by atoms with Crippen LogP contribution in [0.1, 0.15) is 27.3 Å². The predicted molar refractivity (Wildman–Crippen MR) is 69.6 cm³/mol. The lowest BCUT2D eigenvalue weighted by Crippen LogP contribution is -2.15. The molecule has 0 unspecified atom stereocenters. The highest BCUT2D eigenvalue weighted by molar-refractivity contribution is 6.05. The summed E-state index contributed by atoms with van der Waals surface area (Å²) in [6.45, 7) is 5.65. The standard InChI is InChI=1S/C13H16N4O/c1-8-5-6-14-11(7-8)15-13(18)12-9(2)16-17(4)10(12)3/h5-7H,1-4H3,(H,14,15,18). The van der Waals surface area contributed by atoms with Crippen molar-refractivity contribution in [2.24, 2.45) is 7.05 Å². The Morgan fingerprint density at radius 3 is 2.61 bits per heavy atom. The lowest BCUT2D eigenvalue weighted by molar-refractivity contribution is 0.102. The van der Waals surface area contributed by atoms with Gasteiger partial charge < -0.3 is 5.32 Å². The van der Waals surface area contributed by atoms with Crippen LogP contribution in [0, 0.1) is 20.8 Å². The molecule has 0 bridgehead atoms. The van der Waals surface area contributed by atoms with Crippen molar-refractivity contribution in [1.82, 2.24) is 14.8 Å². The van der Waals surface area contributed by atoms with Gasteiger partial charge in [0.15, 0.2) is 0 Å². The SMILES string of the molecule is Cc1ccnc(NC(=O)c2c(C)nn(C)c2C)c1. The summed E-state index contributed by atoms with van der Waals surface area (Å²) < 4.78 is 1.70. The number of nitrogens with zero attached hydrogens (tertiary/aromatic N) is 3. The van der Waals surface area contributed by atoms with Crippen molar-refractivity contribution in [1.29, 1.82) is 0 Å². The lowest BCUT2D eigenvalue weighted by atomic mass is 10.2. The van der Waals surface area contributed by atoms with E-state index in [0.717, 1.165) is 17.0 Å². The summed E-state index contributed by atoms with van der Waals surface area (Å²) >= 11 is 0. The summed E-state index contributed by atoms with van der Waals surface area (Å²) in [5, 5.41) is 7.02. The van der Waals surface area contributed by atoms with E-state index in [-0.39, 0.29) is 5.91 Å². The van der Waals surface area contributed by atoms with Crippen LogP contribution in [0.5, 0.6) is 0 Å². The molecule has 2 aromatic heterocycles. The highest BCUT2D eigenvalue weighted by Gasteiger charge is 2.17. The molecule has 2 heterocycles. The number of carbonyl (C=O) groups is 1. The molecule has 5 heteroatoms. The predicted octanol–water partition coefficient (Wildman–Crippen LogP) is 1.99. The highest BCUT2D eigenvalue weighted by Crippen LogP contribution is 2.14. The molecule has 94 valence electrons. The number of anilines is 1. The Labute approximate surface area is 106 Å². The monoisotopic (exact) mass is 244 g/mol. The highest BCUT2D eigenvalue weighted by atomic mass is 16.1. The molecule has 1 N–H and O–H groups in total. The third-order valence-corrected chi connectivity index (χ3v) is 2.89.